The van der Waals surface area contributed by atoms with Gasteiger partial charge >= 0.3 is 0 Å². The Morgan fingerprint density at radius 2 is 1.78 bits per heavy atom. The second kappa shape index (κ2) is 6.34. The largest absolute Gasteiger partial charge is 0.349 e. The molecule has 1 aliphatic carbocycles. The molecule has 0 aromatic heterocycles. The average molecular weight is 261 g/mol. The summed E-state index contributed by atoms with van der Waals surface area (Å²) in [5, 5.41) is 0. The summed E-state index contributed by atoms with van der Waals surface area (Å²) >= 11 is 0. The molecule has 5 heteroatoms. The third kappa shape index (κ3) is 4.78. The summed E-state index contributed by atoms with van der Waals surface area (Å²) < 4.78 is 27.0. The molecule has 0 aromatic carbocycles. The van der Waals surface area contributed by atoms with E-state index in [1.807, 2.05) is 38.0 Å². The van der Waals surface area contributed by atoms with E-state index in [4.69, 9.17) is 0 Å². The normalized spacial score (nSPS) is 23.1. The molecule has 1 saturated carbocycles. The Hall–Kier alpha value is -0.870. The van der Waals surface area contributed by atoms with Gasteiger partial charge in [0.1, 0.15) is 0 Å². The molecule has 0 N–H and O–H groups in total. The second-order valence-corrected chi connectivity index (χ2v) is 5.60. The van der Waals surface area contributed by atoms with Gasteiger partial charge in [-0.25, -0.2) is 8.78 Å². The predicted molar refractivity (Wildman–Crippen MR) is 71.2 cm³/mol. The maximum atomic E-state index is 13.5. The number of hydrogen-bond donors (Lipinski definition) is 0. The Kier molecular flexibility index (Phi) is 5.35. The highest BCUT2D eigenvalue weighted by Crippen LogP contribution is 2.35. The first-order chi connectivity index (χ1) is 8.32. The molecular formula is C13H25F2N3. The zero-order valence-corrected chi connectivity index (χ0v) is 11.9. The monoisotopic (exact) mass is 261 g/mol. The van der Waals surface area contributed by atoms with E-state index in [-0.39, 0.29) is 18.8 Å². The summed E-state index contributed by atoms with van der Waals surface area (Å²) in [6.45, 7) is 0.501. The fourth-order valence-corrected chi connectivity index (χ4v) is 2.49. The molecule has 0 spiro atoms. The smallest absolute Gasteiger partial charge is 0.248 e. The van der Waals surface area contributed by atoms with Crippen molar-refractivity contribution in [2.75, 3.05) is 34.7 Å². The molecule has 0 amide bonds. The molecule has 1 unspecified atom stereocenters. The van der Waals surface area contributed by atoms with E-state index in [0.29, 0.717) is 13.0 Å². The standard InChI is InChI=1S/C13H25F2N3/c1-17(2)12(18(3)4)16-10-11-7-5-6-8-13(14,15)9-11/h11H,5-10H2,1-4H3. The van der Waals surface area contributed by atoms with Crippen LogP contribution in [0.5, 0.6) is 0 Å². The van der Waals surface area contributed by atoms with Crippen LogP contribution in [-0.4, -0.2) is 56.4 Å². The zero-order valence-electron chi connectivity index (χ0n) is 11.9. The van der Waals surface area contributed by atoms with Gasteiger partial charge in [0.2, 0.25) is 5.92 Å². The molecule has 0 heterocycles. The molecule has 1 atom stereocenters. The molecular weight excluding hydrogens is 236 g/mol. The van der Waals surface area contributed by atoms with Crippen molar-refractivity contribution in [1.82, 2.24) is 9.80 Å². The molecule has 3 nitrogen and oxygen atoms in total. The lowest BCUT2D eigenvalue weighted by molar-refractivity contribution is -0.0241. The van der Waals surface area contributed by atoms with Crippen molar-refractivity contribution in [3.8, 4) is 0 Å². The molecule has 0 aliphatic heterocycles. The van der Waals surface area contributed by atoms with E-state index >= 15 is 0 Å². The molecule has 0 saturated heterocycles. The Balaban J connectivity index is 2.62. The average Bonchev–Trinajstić information content (AvgIpc) is 2.38. The topological polar surface area (TPSA) is 18.8 Å². The van der Waals surface area contributed by atoms with Gasteiger partial charge in [0.15, 0.2) is 5.96 Å². The molecule has 1 aliphatic rings. The van der Waals surface area contributed by atoms with Gasteiger partial charge < -0.3 is 9.80 Å². The van der Waals surface area contributed by atoms with Crippen LogP contribution in [0.4, 0.5) is 8.78 Å². The van der Waals surface area contributed by atoms with E-state index in [1.54, 1.807) is 0 Å². The Morgan fingerprint density at radius 3 is 2.33 bits per heavy atom. The van der Waals surface area contributed by atoms with Crippen LogP contribution in [0, 0.1) is 5.92 Å². The summed E-state index contributed by atoms with van der Waals surface area (Å²) in [5.41, 5.74) is 0. The van der Waals surface area contributed by atoms with Crippen molar-refractivity contribution in [3.05, 3.63) is 0 Å². The van der Waals surface area contributed by atoms with Crippen molar-refractivity contribution in [3.63, 3.8) is 0 Å². The van der Waals surface area contributed by atoms with Gasteiger partial charge in [-0.2, -0.15) is 0 Å². The van der Waals surface area contributed by atoms with Crippen molar-refractivity contribution in [2.24, 2.45) is 10.9 Å². The van der Waals surface area contributed by atoms with Crippen LogP contribution >= 0.6 is 0 Å². The van der Waals surface area contributed by atoms with Crippen LogP contribution in [-0.2, 0) is 0 Å². The first-order valence-electron chi connectivity index (χ1n) is 6.59. The highest BCUT2D eigenvalue weighted by atomic mass is 19.3. The minimum Gasteiger partial charge on any atom is -0.349 e. The Morgan fingerprint density at radius 1 is 1.17 bits per heavy atom. The lowest BCUT2D eigenvalue weighted by Crippen LogP contribution is -2.36. The highest BCUT2D eigenvalue weighted by molar-refractivity contribution is 5.79. The van der Waals surface area contributed by atoms with Crippen molar-refractivity contribution >= 4 is 5.96 Å². The van der Waals surface area contributed by atoms with Crippen LogP contribution in [0.15, 0.2) is 4.99 Å². The quantitative estimate of drug-likeness (QED) is 0.432. The van der Waals surface area contributed by atoms with Crippen LogP contribution in [0.2, 0.25) is 0 Å². The Bertz CT molecular complexity index is 278. The summed E-state index contributed by atoms with van der Waals surface area (Å²) in [6.07, 6.45) is 2.44. The number of aliphatic imine (C=N–C) groups is 1. The summed E-state index contributed by atoms with van der Waals surface area (Å²) in [4.78, 5) is 8.31. The fourth-order valence-electron chi connectivity index (χ4n) is 2.49. The maximum Gasteiger partial charge on any atom is 0.248 e. The number of hydrogen-bond acceptors (Lipinski definition) is 1. The molecule has 1 rings (SSSR count). The van der Waals surface area contributed by atoms with Crippen molar-refractivity contribution in [2.45, 2.75) is 38.0 Å². The summed E-state index contributed by atoms with van der Waals surface area (Å²) in [5.74, 6) is -1.65. The van der Waals surface area contributed by atoms with Crippen molar-refractivity contribution in [1.29, 1.82) is 0 Å². The van der Waals surface area contributed by atoms with Gasteiger partial charge in [-0.05, 0) is 18.8 Å². The Labute approximate surface area is 109 Å². The van der Waals surface area contributed by atoms with Crippen LogP contribution in [0.3, 0.4) is 0 Å². The van der Waals surface area contributed by atoms with E-state index in [0.717, 1.165) is 18.8 Å². The molecule has 0 aromatic rings. The lowest BCUT2D eigenvalue weighted by atomic mass is 9.99. The molecule has 0 radical (unpaired) electrons. The van der Waals surface area contributed by atoms with Gasteiger partial charge in [0.25, 0.3) is 0 Å². The van der Waals surface area contributed by atoms with Gasteiger partial charge in [0, 0.05) is 47.6 Å². The van der Waals surface area contributed by atoms with Gasteiger partial charge in [0.05, 0.1) is 0 Å². The van der Waals surface area contributed by atoms with E-state index in [1.165, 1.54) is 0 Å². The minimum atomic E-state index is -2.49. The highest BCUT2D eigenvalue weighted by Gasteiger charge is 2.34. The molecule has 0 bridgehead atoms. The molecule has 18 heavy (non-hydrogen) atoms. The number of rotatable bonds is 2. The van der Waals surface area contributed by atoms with Crippen molar-refractivity contribution < 1.29 is 8.78 Å². The minimum absolute atomic E-state index is 0.00929. The first-order valence-corrected chi connectivity index (χ1v) is 6.59. The third-order valence-corrected chi connectivity index (χ3v) is 3.28. The number of guanidine groups is 1. The number of nitrogens with zero attached hydrogens (tertiary/aromatic N) is 3. The zero-order chi connectivity index (χ0) is 13.8. The van der Waals surface area contributed by atoms with Gasteiger partial charge in [-0.3, -0.25) is 4.99 Å². The summed E-state index contributed by atoms with van der Waals surface area (Å²) in [7, 11) is 7.67. The third-order valence-electron chi connectivity index (χ3n) is 3.28. The maximum absolute atomic E-state index is 13.5. The second-order valence-electron chi connectivity index (χ2n) is 5.60. The van der Waals surface area contributed by atoms with E-state index in [2.05, 4.69) is 4.99 Å². The summed E-state index contributed by atoms with van der Waals surface area (Å²) in [6, 6.07) is 0. The lowest BCUT2D eigenvalue weighted by Gasteiger charge is -2.24. The van der Waals surface area contributed by atoms with Crippen LogP contribution < -0.4 is 0 Å². The number of alkyl halides is 2. The van der Waals surface area contributed by atoms with Crippen LogP contribution in [0.25, 0.3) is 0 Å². The van der Waals surface area contributed by atoms with E-state index < -0.39 is 5.92 Å². The predicted octanol–water partition coefficient (Wildman–Crippen LogP) is 2.68. The first kappa shape index (κ1) is 15.2. The number of halogens is 2. The SMILES string of the molecule is CN(C)C(=NCC1CCCCC(F)(F)C1)N(C)C. The molecule has 1 fully saturated rings. The van der Waals surface area contributed by atoms with Gasteiger partial charge in [-0.1, -0.05) is 6.42 Å². The van der Waals surface area contributed by atoms with Crippen LogP contribution in [0.1, 0.15) is 32.1 Å². The molecule has 106 valence electrons. The van der Waals surface area contributed by atoms with Gasteiger partial charge in [-0.15, -0.1) is 0 Å². The van der Waals surface area contributed by atoms with E-state index in [9.17, 15) is 8.78 Å². The fraction of sp³-hybridized carbons (Fsp3) is 0.923.